The Balaban J connectivity index is 1.41. The molecule has 1 aromatic heterocycles. The topological polar surface area (TPSA) is 89.3 Å². The number of fused-ring (bicyclic) bond motifs is 2. The Hall–Kier alpha value is -4.66. The van der Waals surface area contributed by atoms with Crippen LogP contribution in [0, 0.1) is 5.82 Å². The van der Waals surface area contributed by atoms with Crippen molar-refractivity contribution in [2.24, 2.45) is 0 Å². The summed E-state index contributed by atoms with van der Waals surface area (Å²) in [5, 5.41) is 0.412. The van der Waals surface area contributed by atoms with Crippen LogP contribution in [0.3, 0.4) is 0 Å². The highest BCUT2D eigenvalue weighted by Gasteiger charge is 2.25. The Morgan fingerprint density at radius 3 is 2.49 bits per heavy atom. The smallest absolute Gasteiger partial charge is 0.254 e. The maximum atomic E-state index is 13.7. The molecule has 0 N–H and O–H groups in total. The Bertz CT molecular complexity index is 1570. The molecule has 0 atom stereocenters. The molecular weight excluding hydrogens is 503 g/mol. The molecule has 1 aliphatic rings. The quantitative estimate of drug-likeness (QED) is 0.311. The van der Waals surface area contributed by atoms with Gasteiger partial charge >= 0.3 is 0 Å². The van der Waals surface area contributed by atoms with E-state index in [1.165, 1.54) is 28.2 Å². The SMILES string of the molecule is CCCN(CC(=O)N(Cc1ccc(F)cc1)Cc1coc2ccccc2c1=O)C(=O)c1ccc2c(c1)OCO2. The number of benzene rings is 3. The van der Waals surface area contributed by atoms with Crippen molar-refractivity contribution in [1.82, 2.24) is 9.80 Å². The highest BCUT2D eigenvalue weighted by Crippen LogP contribution is 2.32. The fraction of sp³-hybridized carbons (Fsp3) is 0.233. The summed E-state index contributed by atoms with van der Waals surface area (Å²) in [5.41, 5.74) is 1.56. The van der Waals surface area contributed by atoms with Crippen molar-refractivity contribution in [2.45, 2.75) is 26.4 Å². The largest absolute Gasteiger partial charge is 0.464 e. The Morgan fingerprint density at radius 1 is 0.923 bits per heavy atom. The Morgan fingerprint density at radius 2 is 1.69 bits per heavy atom. The maximum Gasteiger partial charge on any atom is 0.254 e. The van der Waals surface area contributed by atoms with Crippen LogP contribution in [0.15, 0.2) is 82.2 Å². The molecule has 0 aliphatic carbocycles. The molecule has 0 unspecified atom stereocenters. The first-order valence-electron chi connectivity index (χ1n) is 12.6. The molecule has 0 radical (unpaired) electrons. The summed E-state index contributed by atoms with van der Waals surface area (Å²) >= 11 is 0. The summed E-state index contributed by atoms with van der Waals surface area (Å²) in [6.07, 6.45) is 1.99. The standard InChI is InChI=1S/C30H27FN2O6/c1-2-13-32(30(36)21-9-12-26-27(14-21)39-19-38-26)17-28(34)33(15-20-7-10-23(31)11-8-20)16-22-18-37-25-6-4-3-5-24(25)29(22)35/h3-12,14,18H,2,13,15-17,19H2,1H3. The highest BCUT2D eigenvalue weighted by molar-refractivity contribution is 5.97. The van der Waals surface area contributed by atoms with Gasteiger partial charge in [-0.1, -0.05) is 31.2 Å². The van der Waals surface area contributed by atoms with E-state index in [1.54, 1.807) is 54.6 Å². The molecule has 5 rings (SSSR count). The van der Waals surface area contributed by atoms with Gasteiger partial charge in [0.25, 0.3) is 5.91 Å². The number of halogens is 1. The van der Waals surface area contributed by atoms with Gasteiger partial charge in [-0.3, -0.25) is 14.4 Å². The number of nitrogens with zero attached hydrogens (tertiary/aromatic N) is 2. The van der Waals surface area contributed by atoms with Gasteiger partial charge in [0.1, 0.15) is 17.9 Å². The first-order chi connectivity index (χ1) is 18.9. The van der Waals surface area contributed by atoms with E-state index in [-0.39, 0.29) is 43.7 Å². The molecule has 2 heterocycles. The van der Waals surface area contributed by atoms with E-state index >= 15 is 0 Å². The van der Waals surface area contributed by atoms with Gasteiger partial charge in [-0.05, 0) is 54.4 Å². The van der Waals surface area contributed by atoms with Gasteiger partial charge in [-0.25, -0.2) is 4.39 Å². The zero-order valence-corrected chi connectivity index (χ0v) is 21.4. The number of ether oxygens (including phenoxy) is 2. The van der Waals surface area contributed by atoms with Gasteiger partial charge in [-0.2, -0.15) is 0 Å². The summed E-state index contributed by atoms with van der Waals surface area (Å²) in [7, 11) is 0. The Kier molecular flexibility index (Phi) is 7.58. The van der Waals surface area contributed by atoms with E-state index in [0.29, 0.717) is 52.1 Å². The zero-order chi connectivity index (χ0) is 27.4. The van der Waals surface area contributed by atoms with Gasteiger partial charge in [0.15, 0.2) is 16.9 Å². The van der Waals surface area contributed by atoms with E-state index in [1.807, 2.05) is 6.92 Å². The number of amides is 2. The molecule has 3 aromatic carbocycles. The van der Waals surface area contributed by atoms with Crippen molar-refractivity contribution in [2.75, 3.05) is 19.9 Å². The van der Waals surface area contributed by atoms with E-state index in [4.69, 9.17) is 13.9 Å². The second-order valence-corrected chi connectivity index (χ2v) is 9.26. The lowest BCUT2D eigenvalue weighted by molar-refractivity contribution is -0.133. The van der Waals surface area contributed by atoms with Crippen LogP contribution in [0.4, 0.5) is 4.39 Å². The molecule has 9 heteroatoms. The summed E-state index contributed by atoms with van der Waals surface area (Å²) in [6, 6.07) is 17.6. The predicted molar refractivity (Wildman–Crippen MR) is 142 cm³/mol. The van der Waals surface area contributed by atoms with Crippen molar-refractivity contribution in [3.8, 4) is 11.5 Å². The molecule has 0 spiro atoms. The van der Waals surface area contributed by atoms with Crippen molar-refractivity contribution in [3.63, 3.8) is 0 Å². The average Bonchev–Trinajstić information content (AvgIpc) is 3.43. The number of carbonyl (C=O) groups excluding carboxylic acids is 2. The number of hydrogen-bond acceptors (Lipinski definition) is 6. The van der Waals surface area contributed by atoms with Gasteiger partial charge in [0, 0.05) is 18.7 Å². The lowest BCUT2D eigenvalue weighted by atomic mass is 10.1. The highest BCUT2D eigenvalue weighted by atomic mass is 19.1. The monoisotopic (exact) mass is 530 g/mol. The van der Waals surface area contributed by atoms with Crippen molar-refractivity contribution in [1.29, 1.82) is 0 Å². The van der Waals surface area contributed by atoms with Gasteiger partial charge < -0.3 is 23.7 Å². The Labute approximate surface area is 224 Å². The third-order valence-corrected chi connectivity index (χ3v) is 6.48. The molecule has 2 amide bonds. The van der Waals surface area contributed by atoms with Gasteiger partial charge in [0.2, 0.25) is 12.7 Å². The summed E-state index contributed by atoms with van der Waals surface area (Å²) < 4.78 is 29.9. The minimum atomic E-state index is -0.393. The maximum absolute atomic E-state index is 13.7. The van der Waals surface area contributed by atoms with Crippen LogP contribution in [-0.2, 0) is 17.9 Å². The van der Waals surface area contributed by atoms with E-state index in [2.05, 4.69) is 0 Å². The molecular formula is C30H27FN2O6. The number of para-hydroxylation sites is 1. The molecule has 0 bridgehead atoms. The third-order valence-electron chi connectivity index (χ3n) is 6.48. The van der Waals surface area contributed by atoms with Crippen molar-refractivity contribution in [3.05, 3.63) is 106 Å². The van der Waals surface area contributed by atoms with Gasteiger partial charge in [0.05, 0.1) is 23.8 Å². The third kappa shape index (κ3) is 5.77. The predicted octanol–water partition coefficient (Wildman–Crippen LogP) is 4.74. The number of rotatable bonds is 9. The molecule has 0 saturated heterocycles. The van der Waals surface area contributed by atoms with Crippen LogP contribution in [-0.4, -0.2) is 41.5 Å². The minimum Gasteiger partial charge on any atom is -0.464 e. The van der Waals surface area contributed by atoms with Gasteiger partial charge in [-0.15, -0.1) is 0 Å². The minimum absolute atomic E-state index is 0.0401. The van der Waals surface area contributed by atoms with Crippen molar-refractivity contribution < 1.29 is 27.9 Å². The lowest BCUT2D eigenvalue weighted by Gasteiger charge is -2.28. The average molecular weight is 531 g/mol. The van der Waals surface area contributed by atoms with Crippen LogP contribution in [0.5, 0.6) is 11.5 Å². The van der Waals surface area contributed by atoms with Crippen LogP contribution < -0.4 is 14.9 Å². The molecule has 39 heavy (non-hydrogen) atoms. The van der Waals surface area contributed by atoms with Crippen LogP contribution in [0.1, 0.15) is 34.8 Å². The van der Waals surface area contributed by atoms with Crippen molar-refractivity contribution >= 4 is 22.8 Å². The number of hydrogen-bond donors (Lipinski definition) is 0. The first kappa shape index (κ1) is 26.0. The second-order valence-electron chi connectivity index (χ2n) is 9.26. The summed E-state index contributed by atoms with van der Waals surface area (Å²) in [5.74, 6) is -0.0472. The first-order valence-corrected chi connectivity index (χ1v) is 12.6. The van der Waals surface area contributed by atoms with Crippen LogP contribution in [0.25, 0.3) is 11.0 Å². The van der Waals surface area contributed by atoms with E-state index < -0.39 is 5.82 Å². The fourth-order valence-corrected chi connectivity index (χ4v) is 4.47. The molecule has 4 aromatic rings. The molecule has 0 saturated carbocycles. The second kappa shape index (κ2) is 11.4. The fourth-order valence-electron chi connectivity index (χ4n) is 4.47. The molecule has 0 fully saturated rings. The molecule has 200 valence electrons. The van der Waals surface area contributed by atoms with Crippen LogP contribution >= 0.6 is 0 Å². The molecule has 8 nitrogen and oxygen atoms in total. The normalized spacial score (nSPS) is 11.9. The van der Waals surface area contributed by atoms with Crippen LogP contribution in [0.2, 0.25) is 0 Å². The van der Waals surface area contributed by atoms with E-state index in [9.17, 15) is 18.8 Å². The van der Waals surface area contributed by atoms with E-state index in [0.717, 1.165) is 0 Å². The summed E-state index contributed by atoms with van der Waals surface area (Å²) in [4.78, 5) is 43.2. The molecule has 1 aliphatic heterocycles. The lowest BCUT2D eigenvalue weighted by Crippen LogP contribution is -2.43. The number of carbonyl (C=O) groups is 2. The summed E-state index contributed by atoms with van der Waals surface area (Å²) in [6.45, 7) is 2.22. The zero-order valence-electron chi connectivity index (χ0n) is 21.4.